The molecule has 0 aliphatic carbocycles. The number of phenolic OH excluding ortho intramolecular Hbond substituents is 2. The van der Waals surface area contributed by atoms with Crippen molar-refractivity contribution in [2.24, 2.45) is 34.8 Å². The third-order valence-corrected chi connectivity index (χ3v) is 12.4. The van der Waals surface area contributed by atoms with Gasteiger partial charge in [0.2, 0.25) is 53.2 Å². The van der Waals surface area contributed by atoms with E-state index in [1.165, 1.54) is 48.5 Å². The Labute approximate surface area is 429 Å². The molecule has 19 N–H and O–H groups in total. The average molecular weight is 1040 g/mol. The molecule has 0 aromatic heterocycles. The Morgan fingerprint density at radius 3 is 1.26 bits per heavy atom. The highest BCUT2D eigenvalue weighted by Gasteiger charge is 2.36. The second kappa shape index (κ2) is 31.9. The molecule has 0 fully saturated rings. The number of primary amides is 2. The van der Waals surface area contributed by atoms with Gasteiger partial charge in [-0.25, -0.2) is 4.79 Å². The monoisotopic (exact) mass is 1040 g/mol. The zero-order valence-electron chi connectivity index (χ0n) is 42.3. The molecule has 25 nitrogen and oxygen atoms in total. The van der Waals surface area contributed by atoms with Crippen molar-refractivity contribution in [3.05, 3.63) is 59.7 Å². The number of carbonyl (C=O) groups is 10. The highest BCUT2D eigenvalue weighted by molar-refractivity contribution is 5.98. The number of hydrogen-bond acceptors (Lipinski definition) is 15. The molecule has 0 aliphatic rings. The van der Waals surface area contributed by atoms with Gasteiger partial charge in [0, 0.05) is 25.7 Å². The first-order valence-electron chi connectivity index (χ1n) is 24.5. The number of benzene rings is 2. The van der Waals surface area contributed by atoms with Gasteiger partial charge in [-0.2, -0.15) is 0 Å². The number of aromatic hydroxyl groups is 2. The van der Waals surface area contributed by atoms with E-state index in [0.29, 0.717) is 36.8 Å². The predicted octanol–water partition coefficient (Wildman–Crippen LogP) is -2.57. The molecule has 0 unspecified atom stereocenters. The number of amides is 9. The summed E-state index contributed by atoms with van der Waals surface area (Å²) in [5, 5.41) is 57.4. The van der Waals surface area contributed by atoms with Crippen LogP contribution in [-0.2, 0) is 60.8 Å². The van der Waals surface area contributed by atoms with Gasteiger partial charge in [-0.05, 0) is 85.9 Å². The number of carboxylic acid groups (broad SMARTS) is 1. The largest absolute Gasteiger partial charge is 0.508 e. The Kier molecular flexibility index (Phi) is 27.1. The number of aliphatic hydroxyl groups is 1. The van der Waals surface area contributed by atoms with Gasteiger partial charge in [0.1, 0.15) is 53.8 Å². The van der Waals surface area contributed by atoms with Crippen LogP contribution < -0.4 is 60.2 Å². The lowest BCUT2D eigenvalue weighted by atomic mass is 9.95. The summed E-state index contributed by atoms with van der Waals surface area (Å²) in [6.45, 7) is 6.33. The lowest BCUT2D eigenvalue weighted by Gasteiger charge is -2.29. The summed E-state index contributed by atoms with van der Waals surface area (Å²) in [7, 11) is 0. The van der Waals surface area contributed by atoms with E-state index < -0.39 is 139 Å². The van der Waals surface area contributed by atoms with Crippen molar-refractivity contribution in [2.75, 3.05) is 13.2 Å². The Hall–Kier alpha value is -7.38. The quantitative estimate of drug-likeness (QED) is 0.0321. The second-order valence-corrected chi connectivity index (χ2v) is 18.2. The van der Waals surface area contributed by atoms with E-state index in [1.54, 1.807) is 20.8 Å². The fraction of sp³-hybridized carbons (Fsp3) is 0.551. The number of unbranched alkanes of at least 4 members (excludes halogenated alkanes) is 1. The van der Waals surface area contributed by atoms with Gasteiger partial charge in [-0.3, -0.25) is 43.2 Å². The average Bonchev–Trinajstić information content (AvgIpc) is 3.36. The zero-order chi connectivity index (χ0) is 55.7. The molecule has 0 aliphatic heterocycles. The van der Waals surface area contributed by atoms with Crippen LogP contribution in [0.1, 0.15) is 96.6 Å². The van der Waals surface area contributed by atoms with Crippen molar-refractivity contribution in [1.29, 1.82) is 0 Å². The second-order valence-electron chi connectivity index (χ2n) is 18.2. The number of hydrogen-bond donors (Lipinski definition) is 15. The van der Waals surface area contributed by atoms with E-state index in [2.05, 4.69) is 37.2 Å². The fourth-order valence-electron chi connectivity index (χ4n) is 7.30. The van der Waals surface area contributed by atoms with Crippen LogP contribution in [0.2, 0.25) is 0 Å². The number of nitrogens with one attached hydrogen (secondary N) is 7. The molecule has 74 heavy (non-hydrogen) atoms. The third-order valence-electron chi connectivity index (χ3n) is 12.4. The Morgan fingerprint density at radius 1 is 0.500 bits per heavy atom. The fourth-order valence-corrected chi connectivity index (χ4v) is 7.30. The van der Waals surface area contributed by atoms with Crippen LogP contribution in [0.5, 0.6) is 11.5 Å². The van der Waals surface area contributed by atoms with Crippen molar-refractivity contribution in [1.82, 2.24) is 37.2 Å². The third kappa shape index (κ3) is 21.8. The first-order chi connectivity index (χ1) is 34.9. The summed E-state index contributed by atoms with van der Waals surface area (Å²) >= 11 is 0. The molecule has 2 aromatic rings. The van der Waals surface area contributed by atoms with Crippen molar-refractivity contribution in [3.63, 3.8) is 0 Å². The zero-order valence-corrected chi connectivity index (χ0v) is 42.3. The van der Waals surface area contributed by atoms with Gasteiger partial charge in [0.05, 0.1) is 12.6 Å². The van der Waals surface area contributed by atoms with E-state index in [-0.39, 0.29) is 49.6 Å². The molecule has 0 spiro atoms. The van der Waals surface area contributed by atoms with E-state index in [9.17, 15) is 68.4 Å². The molecule has 2 aromatic carbocycles. The summed E-state index contributed by atoms with van der Waals surface area (Å²) < 4.78 is 0. The molecular formula is C49H75N11O14. The minimum Gasteiger partial charge on any atom is -0.508 e. The summed E-state index contributed by atoms with van der Waals surface area (Å²) in [5.41, 5.74) is 23.2. The molecule has 9 amide bonds. The standard InChI is InChI=1S/C49H75N11O14/c1-5-26(3)40(53)47(71)60-41(27(4)6-2)48(72)59-37(25-61)46(70)55-33(19-21-39(52)65)43(67)57-36(24-29-12-16-31(63)17-13-29)45(69)58-35(23-28-10-14-30(62)15-11-28)44(68)54-32(18-20-38(51)64)42(66)56-34(49(73)74)9-7-8-22-50/h10-17,26-27,32-37,40-41,61-63H,5-9,18-25,50,53H2,1-4H3,(H2,51,64)(H2,52,65)(H,54,68)(H,55,70)(H,56,66)(H,57,67)(H,58,69)(H,59,72)(H,60,71)(H,73,74)/t26-,27-,32-,33-,34-,35-,36-,37-,40-,41-/m0/s1. The van der Waals surface area contributed by atoms with Crippen LogP contribution in [0.15, 0.2) is 48.5 Å². The smallest absolute Gasteiger partial charge is 0.326 e. The van der Waals surface area contributed by atoms with Crippen LogP contribution in [0.4, 0.5) is 0 Å². The van der Waals surface area contributed by atoms with Crippen LogP contribution in [0.25, 0.3) is 0 Å². The maximum atomic E-state index is 14.5. The van der Waals surface area contributed by atoms with Gasteiger partial charge in [-0.1, -0.05) is 64.8 Å². The first kappa shape index (κ1) is 62.7. The van der Waals surface area contributed by atoms with Crippen molar-refractivity contribution < 1.29 is 68.4 Å². The molecule has 2 rings (SSSR count). The molecule has 0 saturated carbocycles. The minimum absolute atomic E-state index is 0.0115. The Bertz CT molecular complexity index is 2220. The number of nitrogens with two attached hydrogens (primary N) is 4. The topological polar surface area (TPSA) is 440 Å². The van der Waals surface area contributed by atoms with Gasteiger partial charge >= 0.3 is 5.97 Å². The Balaban J connectivity index is 2.56. The predicted molar refractivity (Wildman–Crippen MR) is 269 cm³/mol. The van der Waals surface area contributed by atoms with E-state index in [0.717, 1.165) is 0 Å². The SMILES string of the molecule is CC[C@H](C)[C@H](N)C(=O)N[C@H](C(=O)N[C@@H](CO)C(=O)N[C@@H](CCC(N)=O)C(=O)N[C@@H](Cc1ccc(O)cc1)C(=O)N[C@@H](Cc1ccc(O)cc1)C(=O)N[C@@H](CCC(N)=O)C(=O)N[C@@H](CCCCN)C(=O)O)[C@@H](C)CC. The van der Waals surface area contributed by atoms with Crippen molar-refractivity contribution in [3.8, 4) is 11.5 Å². The Morgan fingerprint density at radius 2 is 0.878 bits per heavy atom. The van der Waals surface area contributed by atoms with Gasteiger partial charge in [0.25, 0.3) is 0 Å². The van der Waals surface area contributed by atoms with Crippen LogP contribution in [0, 0.1) is 11.8 Å². The lowest BCUT2D eigenvalue weighted by molar-refractivity contribution is -0.142. The molecule has 0 radical (unpaired) electrons. The maximum Gasteiger partial charge on any atom is 0.326 e. The lowest BCUT2D eigenvalue weighted by Crippen LogP contribution is -2.61. The van der Waals surface area contributed by atoms with Crippen LogP contribution >= 0.6 is 0 Å². The molecule has 0 saturated heterocycles. The van der Waals surface area contributed by atoms with E-state index in [4.69, 9.17) is 22.9 Å². The van der Waals surface area contributed by atoms with Crippen LogP contribution in [0.3, 0.4) is 0 Å². The summed E-state index contributed by atoms with van der Waals surface area (Å²) in [4.78, 5) is 133. The normalized spacial score (nSPS) is 15.1. The highest BCUT2D eigenvalue weighted by Crippen LogP contribution is 2.16. The number of phenols is 2. The van der Waals surface area contributed by atoms with E-state index >= 15 is 0 Å². The van der Waals surface area contributed by atoms with Gasteiger partial charge < -0.3 is 80.6 Å². The number of carboxylic acids is 1. The molecule has 0 heterocycles. The number of aliphatic carboxylic acids is 1. The maximum absolute atomic E-state index is 14.5. The van der Waals surface area contributed by atoms with Crippen LogP contribution in [-0.4, -0.2) is 141 Å². The van der Waals surface area contributed by atoms with Gasteiger partial charge in [0.15, 0.2) is 0 Å². The van der Waals surface area contributed by atoms with Gasteiger partial charge in [-0.15, -0.1) is 0 Å². The highest BCUT2D eigenvalue weighted by atomic mass is 16.4. The molecule has 10 atom stereocenters. The number of aliphatic hydroxyl groups excluding tert-OH is 1. The molecular weight excluding hydrogens is 967 g/mol. The summed E-state index contributed by atoms with van der Waals surface area (Å²) in [6, 6.07) is -0.767. The van der Waals surface area contributed by atoms with Crippen molar-refractivity contribution in [2.45, 2.75) is 147 Å². The molecule has 410 valence electrons. The summed E-state index contributed by atoms with van der Waals surface area (Å²) in [6.07, 6.45) is -0.628. The first-order valence-corrected chi connectivity index (χ1v) is 24.5. The molecule has 0 bridgehead atoms. The number of rotatable bonds is 34. The molecule has 25 heteroatoms. The summed E-state index contributed by atoms with van der Waals surface area (Å²) in [5.74, 6) is -10.8. The minimum atomic E-state index is -1.71. The number of carbonyl (C=O) groups excluding carboxylic acids is 9. The van der Waals surface area contributed by atoms with E-state index in [1.807, 2.05) is 6.92 Å². The van der Waals surface area contributed by atoms with Crippen molar-refractivity contribution >= 4 is 59.1 Å².